The van der Waals surface area contributed by atoms with Crippen molar-refractivity contribution in [3.8, 4) is 5.75 Å². The Morgan fingerprint density at radius 2 is 2.33 bits per heavy atom. The Labute approximate surface area is 77.0 Å². The Hall–Kier alpha value is -1.10. The molecule has 2 N–H and O–H groups in total. The summed E-state index contributed by atoms with van der Waals surface area (Å²) in [5.74, 6) is -0.940. The van der Waals surface area contributed by atoms with Crippen molar-refractivity contribution in [2.75, 3.05) is 0 Å². The van der Waals surface area contributed by atoms with Crippen molar-refractivity contribution in [1.29, 1.82) is 0 Å². The van der Waals surface area contributed by atoms with E-state index in [-0.39, 0.29) is 12.2 Å². The van der Waals surface area contributed by atoms with E-state index in [0.717, 1.165) is 0 Å². The zero-order valence-electron chi connectivity index (χ0n) is 5.99. The van der Waals surface area contributed by atoms with Gasteiger partial charge in [-0.1, -0.05) is 0 Å². The fraction of sp³-hybridized carbons (Fsp3) is 0.143. The highest BCUT2D eigenvalue weighted by molar-refractivity contribution is 9.10. The van der Waals surface area contributed by atoms with Gasteiger partial charge in [-0.25, -0.2) is 0 Å². The van der Waals surface area contributed by atoms with Crippen LogP contribution in [0.1, 0.15) is 5.69 Å². The zero-order chi connectivity index (χ0) is 9.14. The molecule has 64 valence electrons. The Morgan fingerprint density at radius 1 is 1.67 bits per heavy atom. The van der Waals surface area contributed by atoms with Crippen LogP contribution in [0.4, 0.5) is 0 Å². The number of aliphatic carboxylic acids is 1. The summed E-state index contributed by atoms with van der Waals surface area (Å²) in [6.07, 6.45) is 1.06. The van der Waals surface area contributed by atoms with E-state index < -0.39 is 5.97 Å². The molecule has 0 aromatic carbocycles. The van der Waals surface area contributed by atoms with E-state index in [1.807, 2.05) is 0 Å². The lowest BCUT2D eigenvalue weighted by molar-refractivity contribution is -0.136. The van der Waals surface area contributed by atoms with Gasteiger partial charge < -0.3 is 10.2 Å². The van der Waals surface area contributed by atoms with Crippen LogP contribution in [0, 0.1) is 0 Å². The summed E-state index contributed by atoms with van der Waals surface area (Å²) in [4.78, 5) is 14.0. The lowest BCUT2D eigenvalue weighted by Gasteiger charge is -1.99. The minimum Gasteiger partial charge on any atom is -0.506 e. The molecule has 12 heavy (non-hydrogen) atoms. The van der Waals surface area contributed by atoms with Gasteiger partial charge >= 0.3 is 5.97 Å². The standard InChI is InChI=1S/C7H6BrNO3/c8-5-1-4(10)3-9-6(5)2-7(11)12/h1,3,10H,2H2,(H,11,12). The molecule has 1 heterocycles. The molecule has 0 saturated heterocycles. The maximum atomic E-state index is 10.3. The minimum absolute atomic E-state index is 0.0102. The minimum atomic E-state index is -0.950. The summed E-state index contributed by atoms with van der Waals surface area (Å²) in [5.41, 5.74) is 0.403. The number of aromatic nitrogens is 1. The van der Waals surface area contributed by atoms with Gasteiger partial charge in [0.1, 0.15) is 5.75 Å². The number of halogens is 1. The second-order valence-corrected chi connectivity index (χ2v) is 3.05. The molecular weight excluding hydrogens is 226 g/mol. The van der Waals surface area contributed by atoms with Crippen LogP contribution in [0.25, 0.3) is 0 Å². The van der Waals surface area contributed by atoms with Crippen molar-refractivity contribution >= 4 is 21.9 Å². The summed E-state index contributed by atoms with van der Waals surface area (Å²) >= 11 is 3.09. The van der Waals surface area contributed by atoms with Gasteiger partial charge in [-0.05, 0) is 22.0 Å². The van der Waals surface area contributed by atoms with E-state index in [1.165, 1.54) is 12.3 Å². The maximum absolute atomic E-state index is 10.3. The second-order valence-electron chi connectivity index (χ2n) is 2.19. The molecule has 4 nitrogen and oxygen atoms in total. The monoisotopic (exact) mass is 231 g/mol. The first-order valence-electron chi connectivity index (χ1n) is 3.15. The second kappa shape index (κ2) is 3.53. The van der Waals surface area contributed by atoms with Gasteiger partial charge in [0, 0.05) is 4.47 Å². The van der Waals surface area contributed by atoms with E-state index in [0.29, 0.717) is 10.2 Å². The summed E-state index contributed by atoms with van der Waals surface area (Å²) in [6, 6.07) is 1.41. The number of nitrogens with zero attached hydrogens (tertiary/aromatic N) is 1. The average Bonchev–Trinajstić information content (AvgIpc) is 1.94. The lowest BCUT2D eigenvalue weighted by Crippen LogP contribution is -2.02. The first-order chi connectivity index (χ1) is 5.59. The van der Waals surface area contributed by atoms with E-state index in [2.05, 4.69) is 20.9 Å². The van der Waals surface area contributed by atoms with Gasteiger partial charge in [0.15, 0.2) is 0 Å². The summed E-state index contributed by atoms with van der Waals surface area (Å²) in [6.45, 7) is 0. The van der Waals surface area contributed by atoms with Gasteiger partial charge in [-0.3, -0.25) is 9.78 Å². The Balaban J connectivity index is 2.93. The first-order valence-corrected chi connectivity index (χ1v) is 3.94. The summed E-state index contributed by atoms with van der Waals surface area (Å²) in [7, 11) is 0. The van der Waals surface area contributed by atoms with Crippen molar-refractivity contribution in [3.63, 3.8) is 0 Å². The summed E-state index contributed by atoms with van der Waals surface area (Å²) < 4.78 is 0.505. The Morgan fingerprint density at radius 3 is 2.83 bits per heavy atom. The van der Waals surface area contributed by atoms with Crippen molar-refractivity contribution < 1.29 is 15.0 Å². The fourth-order valence-corrected chi connectivity index (χ4v) is 1.21. The van der Waals surface area contributed by atoms with Gasteiger partial charge in [0.25, 0.3) is 0 Å². The predicted molar refractivity (Wildman–Crippen MR) is 44.9 cm³/mol. The van der Waals surface area contributed by atoms with Crippen LogP contribution in [0.5, 0.6) is 5.75 Å². The van der Waals surface area contributed by atoms with Gasteiger partial charge in [0.05, 0.1) is 18.3 Å². The molecule has 0 spiro atoms. The van der Waals surface area contributed by atoms with E-state index in [1.54, 1.807) is 0 Å². The molecule has 5 heteroatoms. The van der Waals surface area contributed by atoms with Crippen molar-refractivity contribution in [3.05, 3.63) is 22.4 Å². The molecule has 0 amide bonds. The normalized spacial score (nSPS) is 9.75. The number of pyridine rings is 1. The van der Waals surface area contributed by atoms with Crippen LogP contribution < -0.4 is 0 Å². The van der Waals surface area contributed by atoms with Crippen LogP contribution in [0.15, 0.2) is 16.7 Å². The smallest absolute Gasteiger partial charge is 0.309 e. The molecule has 0 atom stereocenters. The fourth-order valence-electron chi connectivity index (χ4n) is 0.729. The molecule has 0 bridgehead atoms. The largest absolute Gasteiger partial charge is 0.506 e. The Bertz CT molecular complexity index is 314. The third kappa shape index (κ3) is 2.20. The topological polar surface area (TPSA) is 70.4 Å². The highest BCUT2D eigenvalue weighted by atomic mass is 79.9. The molecule has 0 aliphatic heterocycles. The number of carboxylic acids is 1. The number of aromatic hydroxyl groups is 1. The molecule has 0 unspecified atom stereocenters. The van der Waals surface area contributed by atoms with Crippen LogP contribution in [-0.2, 0) is 11.2 Å². The first kappa shape index (κ1) is 8.99. The highest BCUT2D eigenvalue weighted by Gasteiger charge is 2.06. The molecule has 0 fully saturated rings. The maximum Gasteiger partial charge on any atom is 0.309 e. The number of carbonyl (C=O) groups is 1. The Kier molecular flexibility index (Phi) is 2.65. The highest BCUT2D eigenvalue weighted by Crippen LogP contribution is 2.19. The molecule has 0 radical (unpaired) electrons. The molecule has 0 aliphatic rings. The van der Waals surface area contributed by atoms with Crippen molar-refractivity contribution in [2.45, 2.75) is 6.42 Å². The molecule has 1 rings (SSSR count). The number of carboxylic acid groups (broad SMARTS) is 1. The molecule has 1 aromatic heterocycles. The SMILES string of the molecule is O=C(O)Cc1ncc(O)cc1Br. The van der Waals surface area contributed by atoms with Crippen LogP contribution in [0.2, 0.25) is 0 Å². The van der Waals surface area contributed by atoms with Crippen molar-refractivity contribution in [2.24, 2.45) is 0 Å². The lowest BCUT2D eigenvalue weighted by atomic mass is 10.3. The quantitative estimate of drug-likeness (QED) is 0.802. The van der Waals surface area contributed by atoms with E-state index in [4.69, 9.17) is 10.2 Å². The van der Waals surface area contributed by atoms with Gasteiger partial charge in [-0.2, -0.15) is 0 Å². The average molecular weight is 232 g/mol. The number of rotatable bonds is 2. The molecule has 0 saturated carbocycles. The number of hydrogen-bond donors (Lipinski definition) is 2. The van der Waals surface area contributed by atoms with Gasteiger partial charge in [-0.15, -0.1) is 0 Å². The summed E-state index contributed by atoms with van der Waals surface area (Å²) in [5, 5.41) is 17.4. The van der Waals surface area contributed by atoms with Crippen LogP contribution in [0.3, 0.4) is 0 Å². The van der Waals surface area contributed by atoms with Crippen LogP contribution in [-0.4, -0.2) is 21.2 Å². The molecule has 0 aliphatic carbocycles. The van der Waals surface area contributed by atoms with E-state index in [9.17, 15) is 4.79 Å². The molecular formula is C7H6BrNO3. The van der Waals surface area contributed by atoms with E-state index >= 15 is 0 Å². The van der Waals surface area contributed by atoms with Crippen molar-refractivity contribution in [1.82, 2.24) is 4.98 Å². The number of hydrogen-bond acceptors (Lipinski definition) is 3. The third-order valence-electron chi connectivity index (χ3n) is 1.22. The molecule has 1 aromatic rings. The third-order valence-corrected chi connectivity index (χ3v) is 1.91. The van der Waals surface area contributed by atoms with Gasteiger partial charge in [0.2, 0.25) is 0 Å². The predicted octanol–water partition coefficient (Wildman–Crippen LogP) is 1.18. The zero-order valence-corrected chi connectivity index (χ0v) is 7.58. The van der Waals surface area contributed by atoms with Crippen LogP contribution >= 0.6 is 15.9 Å².